The van der Waals surface area contributed by atoms with Crippen LogP contribution in [-0.2, 0) is 13.0 Å². The Morgan fingerprint density at radius 3 is 2.59 bits per heavy atom. The number of fused-ring (bicyclic) bond motifs is 1. The summed E-state index contributed by atoms with van der Waals surface area (Å²) in [6, 6.07) is 20.4. The van der Waals surface area contributed by atoms with E-state index in [1.807, 2.05) is 48.5 Å². The van der Waals surface area contributed by atoms with Crippen molar-refractivity contribution in [1.82, 2.24) is 5.32 Å². The van der Waals surface area contributed by atoms with Gasteiger partial charge in [-0.1, -0.05) is 36.4 Å². The summed E-state index contributed by atoms with van der Waals surface area (Å²) in [5.74, 6) is -0.442. The van der Waals surface area contributed by atoms with Gasteiger partial charge in [0.25, 0.3) is 5.91 Å². The van der Waals surface area contributed by atoms with Crippen LogP contribution < -0.4 is 15.5 Å². The second-order valence-electron chi connectivity index (χ2n) is 6.85. The molecule has 0 unspecified atom stereocenters. The average molecular weight is 389 g/mol. The Kier molecular flexibility index (Phi) is 5.24. The quantitative estimate of drug-likeness (QED) is 0.697. The maximum Gasteiger partial charge on any atom is 0.319 e. The molecule has 0 saturated carbocycles. The molecule has 1 aliphatic rings. The van der Waals surface area contributed by atoms with Gasteiger partial charge in [0.05, 0.1) is 0 Å². The number of urea groups is 1. The summed E-state index contributed by atoms with van der Waals surface area (Å²) in [6.07, 6.45) is 0.807. The highest BCUT2D eigenvalue weighted by atomic mass is 19.1. The zero-order valence-corrected chi connectivity index (χ0v) is 15.7. The third kappa shape index (κ3) is 4.27. The van der Waals surface area contributed by atoms with E-state index in [9.17, 15) is 14.0 Å². The summed E-state index contributed by atoms with van der Waals surface area (Å²) in [5, 5.41) is 5.36. The number of anilines is 2. The van der Waals surface area contributed by atoms with Crippen molar-refractivity contribution in [3.05, 3.63) is 95.3 Å². The largest absolute Gasteiger partial charge is 0.334 e. The lowest BCUT2D eigenvalue weighted by Crippen LogP contribution is -2.29. The third-order valence-corrected chi connectivity index (χ3v) is 4.85. The van der Waals surface area contributed by atoms with Crippen LogP contribution in [0.2, 0.25) is 0 Å². The van der Waals surface area contributed by atoms with E-state index >= 15 is 0 Å². The van der Waals surface area contributed by atoms with Gasteiger partial charge in [0.1, 0.15) is 5.82 Å². The maximum absolute atomic E-state index is 13.2. The van der Waals surface area contributed by atoms with Gasteiger partial charge in [0, 0.05) is 30.0 Å². The monoisotopic (exact) mass is 389 g/mol. The highest BCUT2D eigenvalue weighted by Gasteiger charge is 2.25. The van der Waals surface area contributed by atoms with E-state index in [0.29, 0.717) is 24.3 Å². The predicted octanol–water partition coefficient (Wildman–Crippen LogP) is 4.35. The van der Waals surface area contributed by atoms with Gasteiger partial charge in [-0.2, -0.15) is 0 Å². The molecule has 0 aromatic heterocycles. The Hall–Kier alpha value is -3.67. The first kappa shape index (κ1) is 18.7. The predicted molar refractivity (Wildman–Crippen MR) is 111 cm³/mol. The van der Waals surface area contributed by atoms with Crippen molar-refractivity contribution in [2.24, 2.45) is 0 Å². The van der Waals surface area contributed by atoms with Gasteiger partial charge in [-0.3, -0.25) is 4.79 Å². The fourth-order valence-corrected chi connectivity index (χ4v) is 3.41. The first-order chi connectivity index (χ1) is 14.1. The van der Waals surface area contributed by atoms with Crippen molar-refractivity contribution in [3.63, 3.8) is 0 Å². The van der Waals surface area contributed by atoms with E-state index in [4.69, 9.17) is 0 Å². The zero-order valence-electron chi connectivity index (χ0n) is 15.7. The third-order valence-electron chi connectivity index (χ3n) is 4.85. The van der Waals surface area contributed by atoms with Crippen LogP contribution in [-0.4, -0.2) is 18.5 Å². The van der Waals surface area contributed by atoms with E-state index < -0.39 is 11.8 Å². The number of halogens is 1. The minimum atomic E-state index is -0.423. The number of nitrogens with zero attached hydrogens (tertiary/aromatic N) is 1. The molecule has 0 radical (unpaired) electrons. The van der Waals surface area contributed by atoms with E-state index in [2.05, 4.69) is 10.6 Å². The minimum Gasteiger partial charge on any atom is -0.334 e. The number of carbonyl (C=O) groups excluding carboxylic acids is 2. The summed E-state index contributed by atoms with van der Waals surface area (Å²) in [4.78, 5) is 26.7. The Balaban J connectivity index is 1.43. The molecule has 0 saturated heterocycles. The van der Waals surface area contributed by atoms with Gasteiger partial charge in [-0.05, 0) is 53.9 Å². The summed E-state index contributed by atoms with van der Waals surface area (Å²) >= 11 is 0. The minimum absolute atomic E-state index is 0.0293. The number of carbonyl (C=O) groups is 2. The summed E-state index contributed by atoms with van der Waals surface area (Å²) in [5.41, 5.74) is 3.91. The van der Waals surface area contributed by atoms with Crippen LogP contribution in [0, 0.1) is 5.82 Å². The number of rotatable bonds is 4. The van der Waals surface area contributed by atoms with Crippen LogP contribution in [0.1, 0.15) is 21.5 Å². The van der Waals surface area contributed by atoms with Crippen molar-refractivity contribution < 1.29 is 14.0 Å². The van der Waals surface area contributed by atoms with Crippen LogP contribution in [0.4, 0.5) is 20.6 Å². The fraction of sp³-hybridized carbons (Fsp3) is 0.130. The van der Waals surface area contributed by atoms with Crippen LogP contribution in [0.5, 0.6) is 0 Å². The van der Waals surface area contributed by atoms with Crippen molar-refractivity contribution in [2.45, 2.75) is 13.0 Å². The Bertz CT molecular complexity index is 1050. The summed E-state index contributed by atoms with van der Waals surface area (Å²) < 4.78 is 13.2. The van der Waals surface area contributed by atoms with Crippen molar-refractivity contribution >= 4 is 23.3 Å². The molecule has 2 N–H and O–H groups in total. The number of hydrogen-bond acceptors (Lipinski definition) is 2. The maximum atomic E-state index is 13.2. The number of hydrogen-bond donors (Lipinski definition) is 2. The lowest BCUT2D eigenvalue weighted by atomic mass is 10.1. The molecule has 146 valence electrons. The summed E-state index contributed by atoms with van der Waals surface area (Å²) in [7, 11) is 0. The number of amides is 3. The molecule has 3 aromatic rings. The van der Waals surface area contributed by atoms with Crippen LogP contribution in [0.15, 0.2) is 72.8 Å². The van der Waals surface area contributed by atoms with Crippen LogP contribution in [0.3, 0.4) is 0 Å². The molecule has 6 heteroatoms. The molecule has 0 fully saturated rings. The van der Waals surface area contributed by atoms with Crippen molar-refractivity contribution in [1.29, 1.82) is 0 Å². The molecule has 0 atom stereocenters. The first-order valence-electron chi connectivity index (χ1n) is 9.39. The van der Waals surface area contributed by atoms with Gasteiger partial charge in [0.2, 0.25) is 0 Å². The average Bonchev–Trinajstić information content (AvgIpc) is 3.15. The molecule has 4 rings (SSSR count). The van der Waals surface area contributed by atoms with E-state index in [1.54, 1.807) is 11.0 Å². The SMILES string of the molecule is O=C(NCc1ccc2c(c1)N(C(=O)c1ccccc1)CC2)Nc1cccc(F)c1. The number of nitrogens with one attached hydrogen (secondary N) is 2. The van der Waals surface area contributed by atoms with Crippen molar-refractivity contribution in [2.75, 3.05) is 16.8 Å². The van der Waals surface area contributed by atoms with Gasteiger partial charge in [0.15, 0.2) is 0 Å². The van der Waals surface area contributed by atoms with Crippen LogP contribution in [0.25, 0.3) is 0 Å². The molecule has 1 aliphatic heterocycles. The second kappa shape index (κ2) is 8.14. The van der Waals surface area contributed by atoms with Crippen LogP contribution >= 0.6 is 0 Å². The summed E-state index contributed by atoms with van der Waals surface area (Å²) in [6.45, 7) is 0.932. The fourth-order valence-electron chi connectivity index (χ4n) is 3.41. The second-order valence-corrected chi connectivity index (χ2v) is 6.85. The molecule has 0 bridgehead atoms. The van der Waals surface area contributed by atoms with Gasteiger partial charge in [-0.25, -0.2) is 9.18 Å². The zero-order chi connectivity index (χ0) is 20.2. The van der Waals surface area contributed by atoms with Gasteiger partial charge < -0.3 is 15.5 Å². The molecule has 1 heterocycles. The Morgan fingerprint density at radius 1 is 0.966 bits per heavy atom. The molecule has 3 amide bonds. The Labute approximate surface area is 168 Å². The lowest BCUT2D eigenvalue weighted by molar-refractivity contribution is 0.0989. The normalized spacial score (nSPS) is 12.4. The van der Waals surface area contributed by atoms with E-state index in [1.165, 1.54) is 18.2 Å². The molecule has 29 heavy (non-hydrogen) atoms. The highest BCUT2D eigenvalue weighted by Crippen LogP contribution is 2.30. The van der Waals surface area contributed by atoms with Gasteiger partial charge >= 0.3 is 6.03 Å². The smallest absolute Gasteiger partial charge is 0.319 e. The molecular formula is C23H20FN3O2. The van der Waals surface area contributed by atoms with Gasteiger partial charge in [-0.15, -0.1) is 0 Å². The standard InChI is InChI=1S/C23H20FN3O2/c24-19-7-4-8-20(14-19)26-23(29)25-15-16-9-10-17-11-12-27(21(17)13-16)22(28)18-5-2-1-3-6-18/h1-10,13-14H,11-12,15H2,(H2,25,26,29). The molecule has 3 aromatic carbocycles. The van der Waals surface area contributed by atoms with E-state index in [0.717, 1.165) is 23.2 Å². The first-order valence-corrected chi connectivity index (χ1v) is 9.39. The number of benzene rings is 3. The highest BCUT2D eigenvalue weighted by molar-refractivity contribution is 6.07. The van der Waals surface area contributed by atoms with Crippen molar-refractivity contribution in [3.8, 4) is 0 Å². The molecular weight excluding hydrogens is 369 g/mol. The topological polar surface area (TPSA) is 61.4 Å². The molecule has 5 nitrogen and oxygen atoms in total. The molecule has 0 aliphatic carbocycles. The molecule has 0 spiro atoms. The Morgan fingerprint density at radius 2 is 1.79 bits per heavy atom. The van der Waals surface area contributed by atoms with E-state index in [-0.39, 0.29) is 5.91 Å². The lowest BCUT2D eigenvalue weighted by Gasteiger charge is -2.18.